The Morgan fingerprint density at radius 2 is 1.32 bits per heavy atom. The largest absolute Gasteiger partial charge is 0.282 e. The molecule has 0 amide bonds. The van der Waals surface area contributed by atoms with Crippen LogP contribution >= 0.6 is 0 Å². The normalized spacial score (nSPS) is 12.5. The molecule has 1 heterocycles. The van der Waals surface area contributed by atoms with Crippen LogP contribution in [0.3, 0.4) is 0 Å². The van der Waals surface area contributed by atoms with Crippen LogP contribution in [0.4, 0.5) is 11.4 Å². The Labute approximate surface area is 161 Å². The standard InChI is InChI=1S/C18H16N4O4S2/c1-27(23,24)21-15-10-8-11-7-9-14-17(16(11)18(15)22-28(2,25)26)20-13-6-4-3-5-12(13)19-14/h3-10,21-22H,1-2H3. The van der Waals surface area contributed by atoms with Gasteiger partial charge in [-0.1, -0.05) is 24.3 Å². The van der Waals surface area contributed by atoms with Gasteiger partial charge >= 0.3 is 0 Å². The number of benzene rings is 3. The Kier molecular flexibility index (Phi) is 4.12. The van der Waals surface area contributed by atoms with Crippen LogP contribution in [-0.4, -0.2) is 39.3 Å². The summed E-state index contributed by atoms with van der Waals surface area (Å²) in [6.07, 6.45) is 2.00. The third kappa shape index (κ3) is 3.56. The predicted molar refractivity (Wildman–Crippen MR) is 111 cm³/mol. The monoisotopic (exact) mass is 416 g/mol. The number of aromatic nitrogens is 2. The molecule has 4 rings (SSSR count). The molecule has 8 nitrogen and oxygen atoms in total. The minimum Gasteiger partial charge on any atom is -0.282 e. The summed E-state index contributed by atoms with van der Waals surface area (Å²) < 4.78 is 52.3. The molecule has 1 aromatic heterocycles. The fraction of sp³-hybridized carbons (Fsp3) is 0.111. The van der Waals surface area contributed by atoms with Crippen molar-refractivity contribution < 1.29 is 16.8 Å². The van der Waals surface area contributed by atoms with Crippen molar-refractivity contribution >= 4 is 64.3 Å². The summed E-state index contributed by atoms with van der Waals surface area (Å²) in [6, 6.07) is 14.1. The van der Waals surface area contributed by atoms with Crippen molar-refractivity contribution in [1.82, 2.24) is 9.97 Å². The van der Waals surface area contributed by atoms with Crippen molar-refractivity contribution in [2.75, 3.05) is 22.0 Å². The summed E-state index contributed by atoms with van der Waals surface area (Å²) in [5.41, 5.74) is 2.62. The van der Waals surface area contributed by atoms with Crippen LogP contribution in [0.15, 0.2) is 48.5 Å². The van der Waals surface area contributed by atoms with Crippen LogP contribution in [0.2, 0.25) is 0 Å². The lowest BCUT2D eigenvalue weighted by Crippen LogP contribution is -2.15. The fourth-order valence-corrected chi connectivity index (χ4v) is 4.22. The van der Waals surface area contributed by atoms with Crippen molar-refractivity contribution in [2.24, 2.45) is 0 Å². The molecule has 0 bridgehead atoms. The second kappa shape index (κ2) is 6.28. The van der Waals surface area contributed by atoms with Crippen molar-refractivity contribution in [3.63, 3.8) is 0 Å². The fourth-order valence-electron chi connectivity index (χ4n) is 3.07. The molecule has 10 heteroatoms. The van der Waals surface area contributed by atoms with Gasteiger partial charge in [0.1, 0.15) is 0 Å². The molecule has 0 saturated heterocycles. The average molecular weight is 416 g/mol. The highest BCUT2D eigenvalue weighted by atomic mass is 32.2. The van der Waals surface area contributed by atoms with Crippen LogP contribution < -0.4 is 9.44 Å². The van der Waals surface area contributed by atoms with Crippen LogP contribution in [0.5, 0.6) is 0 Å². The number of nitrogens with one attached hydrogen (secondary N) is 2. The van der Waals surface area contributed by atoms with E-state index >= 15 is 0 Å². The Balaban J connectivity index is 2.16. The Hall–Kier alpha value is -2.98. The summed E-state index contributed by atoms with van der Waals surface area (Å²) in [6.45, 7) is 0. The van der Waals surface area contributed by atoms with Crippen molar-refractivity contribution in [1.29, 1.82) is 0 Å². The molecular formula is C18H16N4O4S2. The van der Waals surface area contributed by atoms with Gasteiger partial charge in [-0.15, -0.1) is 0 Å². The smallest absolute Gasteiger partial charge is 0.229 e. The topological polar surface area (TPSA) is 118 Å². The number of hydrogen-bond donors (Lipinski definition) is 2. The van der Waals surface area contributed by atoms with Crippen molar-refractivity contribution in [3.8, 4) is 0 Å². The molecule has 0 spiro atoms. The third-order valence-electron chi connectivity index (χ3n) is 4.08. The van der Waals surface area contributed by atoms with Crippen LogP contribution in [0, 0.1) is 0 Å². The number of hydrogen-bond acceptors (Lipinski definition) is 6. The quantitative estimate of drug-likeness (QED) is 0.390. The SMILES string of the molecule is CS(=O)(=O)Nc1ccc2ccc3nc4ccccc4nc3c2c1NS(C)(=O)=O. The molecule has 0 aliphatic rings. The lowest BCUT2D eigenvalue weighted by Gasteiger charge is -2.16. The molecule has 0 fully saturated rings. The van der Waals surface area contributed by atoms with Gasteiger partial charge in [0, 0.05) is 5.39 Å². The van der Waals surface area contributed by atoms with E-state index in [0.29, 0.717) is 32.8 Å². The Bertz CT molecular complexity index is 1470. The molecule has 3 aromatic carbocycles. The minimum absolute atomic E-state index is 0.112. The second-order valence-corrected chi connectivity index (χ2v) is 9.98. The highest BCUT2D eigenvalue weighted by Gasteiger charge is 2.18. The summed E-state index contributed by atoms with van der Waals surface area (Å²) >= 11 is 0. The van der Waals surface area contributed by atoms with Gasteiger partial charge in [0.05, 0.1) is 46.0 Å². The van der Waals surface area contributed by atoms with E-state index in [4.69, 9.17) is 0 Å². The zero-order chi connectivity index (χ0) is 20.1. The first-order valence-corrected chi connectivity index (χ1v) is 12.0. The summed E-state index contributed by atoms with van der Waals surface area (Å²) in [5.74, 6) is 0. The maximum atomic E-state index is 12.0. The van der Waals surface area contributed by atoms with E-state index in [-0.39, 0.29) is 11.4 Å². The maximum absolute atomic E-state index is 12.0. The van der Waals surface area contributed by atoms with E-state index in [0.717, 1.165) is 12.5 Å². The Morgan fingerprint density at radius 3 is 1.96 bits per heavy atom. The van der Waals surface area contributed by atoms with E-state index in [2.05, 4.69) is 19.4 Å². The van der Waals surface area contributed by atoms with Gasteiger partial charge in [-0.25, -0.2) is 26.8 Å². The number of fused-ring (bicyclic) bond motifs is 4. The van der Waals surface area contributed by atoms with E-state index < -0.39 is 20.0 Å². The number of sulfonamides is 2. The van der Waals surface area contributed by atoms with Gasteiger partial charge in [0.15, 0.2) is 0 Å². The molecule has 4 aromatic rings. The molecule has 28 heavy (non-hydrogen) atoms. The number of nitrogens with zero attached hydrogens (tertiary/aromatic N) is 2. The lowest BCUT2D eigenvalue weighted by atomic mass is 10.1. The molecule has 144 valence electrons. The number of para-hydroxylation sites is 2. The first-order valence-electron chi connectivity index (χ1n) is 8.18. The average Bonchev–Trinajstić information content (AvgIpc) is 2.59. The molecule has 0 atom stereocenters. The number of rotatable bonds is 4. The van der Waals surface area contributed by atoms with Gasteiger partial charge in [-0.3, -0.25) is 9.44 Å². The predicted octanol–water partition coefficient (Wildman–Crippen LogP) is 2.68. The maximum Gasteiger partial charge on any atom is 0.229 e. The zero-order valence-electron chi connectivity index (χ0n) is 15.0. The third-order valence-corrected chi connectivity index (χ3v) is 5.24. The van der Waals surface area contributed by atoms with E-state index in [9.17, 15) is 16.8 Å². The van der Waals surface area contributed by atoms with Crippen molar-refractivity contribution in [3.05, 3.63) is 48.5 Å². The second-order valence-electron chi connectivity index (χ2n) is 6.48. The molecular weight excluding hydrogens is 400 g/mol. The van der Waals surface area contributed by atoms with Crippen LogP contribution in [0.25, 0.3) is 32.8 Å². The highest BCUT2D eigenvalue weighted by molar-refractivity contribution is 7.92. The van der Waals surface area contributed by atoms with E-state index in [1.54, 1.807) is 18.2 Å². The van der Waals surface area contributed by atoms with E-state index in [1.807, 2.05) is 24.3 Å². The first kappa shape index (κ1) is 18.4. The summed E-state index contributed by atoms with van der Waals surface area (Å²) in [4.78, 5) is 9.25. The van der Waals surface area contributed by atoms with Gasteiger partial charge in [-0.05, 0) is 29.7 Å². The Morgan fingerprint density at radius 1 is 0.714 bits per heavy atom. The van der Waals surface area contributed by atoms with E-state index in [1.165, 1.54) is 6.07 Å². The molecule has 0 radical (unpaired) electrons. The van der Waals surface area contributed by atoms with Gasteiger partial charge in [-0.2, -0.15) is 0 Å². The molecule has 0 aliphatic carbocycles. The highest BCUT2D eigenvalue weighted by Crippen LogP contribution is 2.37. The van der Waals surface area contributed by atoms with Gasteiger partial charge < -0.3 is 0 Å². The van der Waals surface area contributed by atoms with Crippen LogP contribution in [0.1, 0.15) is 0 Å². The summed E-state index contributed by atoms with van der Waals surface area (Å²) in [5, 5.41) is 1.16. The molecule has 0 aliphatic heterocycles. The van der Waals surface area contributed by atoms with Crippen LogP contribution in [-0.2, 0) is 20.0 Å². The molecule has 0 saturated carbocycles. The lowest BCUT2D eigenvalue weighted by molar-refractivity contribution is 0.604. The van der Waals surface area contributed by atoms with Gasteiger partial charge in [0.25, 0.3) is 0 Å². The summed E-state index contributed by atoms with van der Waals surface area (Å²) in [7, 11) is -7.32. The number of anilines is 2. The molecule has 0 unspecified atom stereocenters. The van der Waals surface area contributed by atoms with Gasteiger partial charge in [0.2, 0.25) is 20.0 Å². The van der Waals surface area contributed by atoms with Crippen molar-refractivity contribution in [2.45, 2.75) is 0 Å². The minimum atomic E-state index is -3.69. The molecule has 2 N–H and O–H groups in total. The zero-order valence-corrected chi connectivity index (χ0v) is 16.6. The first-order chi connectivity index (χ1) is 13.1.